The Labute approximate surface area is 110 Å². The second-order valence-corrected chi connectivity index (χ2v) is 4.11. The molecule has 102 valence electrons. The van der Waals surface area contributed by atoms with Gasteiger partial charge in [-0.05, 0) is 18.1 Å². The molecule has 6 heteroatoms. The number of carboxylic acid groups (broad SMARTS) is 2. The minimum Gasteiger partial charge on any atom is -0.481 e. The number of rotatable bonds is 6. The van der Waals surface area contributed by atoms with E-state index >= 15 is 0 Å². The van der Waals surface area contributed by atoms with Gasteiger partial charge in [0.2, 0.25) is 5.91 Å². The van der Waals surface area contributed by atoms with Crippen LogP contribution in [0.15, 0.2) is 24.3 Å². The van der Waals surface area contributed by atoms with Gasteiger partial charge in [-0.1, -0.05) is 24.3 Å². The molecule has 1 aromatic rings. The lowest BCUT2D eigenvalue weighted by atomic mass is 9.94. The summed E-state index contributed by atoms with van der Waals surface area (Å²) in [5, 5.41) is 19.7. The summed E-state index contributed by atoms with van der Waals surface area (Å²) in [6.07, 6.45) is -0.0406. The van der Waals surface area contributed by atoms with Crippen molar-refractivity contribution in [3.8, 4) is 0 Å². The minimum absolute atomic E-state index is 0.0406. The molecule has 1 aromatic carbocycles. The molecule has 0 fully saturated rings. The van der Waals surface area contributed by atoms with Crippen molar-refractivity contribution < 1.29 is 24.6 Å². The Morgan fingerprint density at radius 1 is 1.21 bits per heavy atom. The van der Waals surface area contributed by atoms with E-state index in [2.05, 4.69) is 5.32 Å². The van der Waals surface area contributed by atoms with Crippen LogP contribution >= 0.6 is 0 Å². The van der Waals surface area contributed by atoms with E-state index in [0.29, 0.717) is 11.1 Å². The number of carbonyl (C=O) groups excluding carboxylic acids is 1. The fourth-order valence-corrected chi connectivity index (χ4v) is 1.66. The third-order valence-electron chi connectivity index (χ3n) is 2.68. The molecule has 1 rings (SSSR count). The summed E-state index contributed by atoms with van der Waals surface area (Å²) < 4.78 is 0. The molecule has 1 atom stereocenters. The van der Waals surface area contributed by atoms with E-state index in [1.807, 2.05) is 0 Å². The number of hydrogen-bond acceptors (Lipinski definition) is 3. The Bertz CT molecular complexity index is 498. The normalized spacial score (nSPS) is 11.6. The number of benzene rings is 1. The number of amides is 1. The third kappa shape index (κ3) is 4.42. The van der Waals surface area contributed by atoms with Crippen LogP contribution < -0.4 is 5.32 Å². The molecule has 1 unspecified atom stereocenters. The number of hydrogen-bond donors (Lipinski definition) is 3. The van der Waals surface area contributed by atoms with Crippen molar-refractivity contribution >= 4 is 17.8 Å². The van der Waals surface area contributed by atoms with Crippen LogP contribution in [0.1, 0.15) is 24.0 Å². The van der Waals surface area contributed by atoms with Crippen molar-refractivity contribution in [3.63, 3.8) is 0 Å². The molecule has 0 aromatic heterocycles. The second-order valence-electron chi connectivity index (χ2n) is 4.11. The summed E-state index contributed by atoms with van der Waals surface area (Å²) in [5.74, 6) is -3.27. The second kappa shape index (κ2) is 6.53. The number of nitrogens with one attached hydrogen (secondary N) is 1. The Balaban J connectivity index is 2.81. The molecule has 0 bridgehead atoms. The zero-order valence-electron chi connectivity index (χ0n) is 10.4. The summed E-state index contributed by atoms with van der Waals surface area (Å²) in [6.45, 7) is 1.09. The lowest BCUT2D eigenvalue weighted by molar-refractivity contribution is -0.138. The van der Waals surface area contributed by atoms with E-state index in [4.69, 9.17) is 10.2 Å². The molecule has 0 radical (unpaired) electrons. The topological polar surface area (TPSA) is 104 Å². The lowest BCUT2D eigenvalue weighted by Gasteiger charge is -2.12. The first kappa shape index (κ1) is 14.7. The summed E-state index contributed by atoms with van der Waals surface area (Å²) in [7, 11) is 0. The smallest absolute Gasteiger partial charge is 0.322 e. The molecular weight excluding hydrogens is 250 g/mol. The van der Waals surface area contributed by atoms with Gasteiger partial charge in [0, 0.05) is 0 Å². The standard InChI is InChI=1S/C13H15NO5/c1-8(13(18)19)10-5-3-2-4-9(10)6-11(15)14-7-12(16)17/h2-5,8H,6-7H2,1H3,(H,14,15)(H,16,17)(H,18,19). The fourth-order valence-electron chi connectivity index (χ4n) is 1.66. The van der Waals surface area contributed by atoms with Crippen molar-refractivity contribution in [2.24, 2.45) is 0 Å². The highest BCUT2D eigenvalue weighted by atomic mass is 16.4. The van der Waals surface area contributed by atoms with E-state index in [1.54, 1.807) is 24.3 Å². The molecular formula is C13H15NO5. The Morgan fingerprint density at radius 3 is 2.42 bits per heavy atom. The van der Waals surface area contributed by atoms with Crippen molar-refractivity contribution in [2.45, 2.75) is 19.3 Å². The molecule has 3 N–H and O–H groups in total. The van der Waals surface area contributed by atoms with Gasteiger partial charge in [0.05, 0.1) is 12.3 Å². The zero-order valence-corrected chi connectivity index (χ0v) is 10.4. The van der Waals surface area contributed by atoms with Gasteiger partial charge >= 0.3 is 11.9 Å². The van der Waals surface area contributed by atoms with Gasteiger partial charge in [0.25, 0.3) is 0 Å². The van der Waals surface area contributed by atoms with Gasteiger partial charge < -0.3 is 15.5 Å². The average molecular weight is 265 g/mol. The number of carboxylic acids is 2. The van der Waals surface area contributed by atoms with Crippen LogP contribution in [-0.4, -0.2) is 34.6 Å². The molecule has 0 heterocycles. The highest BCUT2D eigenvalue weighted by Gasteiger charge is 2.18. The maximum absolute atomic E-state index is 11.5. The largest absolute Gasteiger partial charge is 0.481 e. The van der Waals surface area contributed by atoms with Crippen LogP contribution in [0.4, 0.5) is 0 Å². The van der Waals surface area contributed by atoms with Crippen LogP contribution in [0.2, 0.25) is 0 Å². The van der Waals surface area contributed by atoms with E-state index in [-0.39, 0.29) is 6.42 Å². The first-order valence-corrected chi connectivity index (χ1v) is 5.71. The van der Waals surface area contributed by atoms with Gasteiger partial charge in [-0.2, -0.15) is 0 Å². The maximum Gasteiger partial charge on any atom is 0.322 e. The van der Waals surface area contributed by atoms with E-state index < -0.39 is 30.3 Å². The SMILES string of the molecule is CC(C(=O)O)c1ccccc1CC(=O)NCC(=O)O. The fraction of sp³-hybridized carbons (Fsp3) is 0.308. The first-order valence-electron chi connectivity index (χ1n) is 5.71. The molecule has 0 aliphatic carbocycles. The first-order chi connectivity index (χ1) is 8.91. The third-order valence-corrected chi connectivity index (χ3v) is 2.68. The summed E-state index contributed by atoms with van der Waals surface area (Å²) in [4.78, 5) is 32.8. The lowest BCUT2D eigenvalue weighted by Crippen LogP contribution is -2.30. The van der Waals surface area contributed by atoms with Crippen molar-refractivity contribution in [1.29, 1.82) is 0 Å². The molecule has 19 heavy (non-hydrogen) atoms. The van der Waals surface area contributed by atoms with E-state index in [9.17, 15) is 14.4 Å². The predicted molar refractivity (Wildman–Crippen MR) is 66.8 cm³/mol. The van der Waals surface area contributed by atoms with Crippen LogP contribution in [0.25, 0.3) is 0 Å². The average Bonchev–Trinajstić information content (AvgIpc) is 2.36. The van der Waals surface area contributed by atoms with Gasteiger partial charge in [-0.25, -0.2) is 0 Å². The highest BCUT2D eigenvalue weighted by molar-refractivity contribution is 5.84. The molecule has 0 saturated heterocycles. The van der Waals surface area contributed by atoms with Crippen molar-refractivity contribution in [2.75, 3.05) is 6.54 Å². The Hall–Kier alpha value is -2.37. The van der Waals surface area contributed by atoms with E-state index in [0.717, 1.165) is 0 Å². The van der Waals surface area contributed by atoms with E-state index in [1.165, 1.54) is 6.92 Å². The van der Waals surface area contributed by atoms with Crippen LogP contribution in [0.3, 0.4) is 0 Å². The molecule has 0 aliphatic rings. The van der Waals surface area contributed by atoms with Gasteiger partial charge in [0.15, 0.2) is 0 Å². The molecule has 0 spiro atoms. The Kier molecular flexibility index (Phi) is 5.05. The summed E-state index contributed by atoms with van der Waals surface area (Å²) >= 11 is 0. The maximum atomic E-state index is 11.5. The molecule has 0 aliphatic heterocycles. The monoisotopic (exact) mass is 265 g/mol. The highest BCUT2D eigenvalue weighted by Crippen LogP contribution is 2.20. The van der Waals surface area contributed by atoms with Crippen LogP contribution in [0.5, 0.6) is 0 Å². The van der Waals surface area contributed by atoms with Crippen molar-refractivity contribution in [3.05, 3.63) is 35.4 Å². The molecule has 1 amide bonds. The van der Waals surface area contributed by atoms with Gasteiger partial charge in [0.1, 0.15) is 6.54 Å². The van der Waals surface area contributed by atoms with Crippen LogP contribution in [0, 0.1) is 0 Å². The molecule has 0 saturated carbocycles. The van der Waals surface area contributed by atoms with Gasteiger partial charge in [-0.15, -0.1) is 0 Å². The van der Waals surface area contributed by atoms with Gasteiger partial charge in [-0.3, -0.25) is 14.4 Å². The summed E-state index contributed by atoms with van der Waals surface area (Å²) in [5.41, 5.74) is 1.14. The zero-order chi connectivity index (χ0) is 14.4. The minimum atomic E-state index is -1.12. The Morgan fingerprint density at radius 2 is 1.84 bits per heavy atom. The quantitative estimate of drug-likeness (QED) is 0.699. The summed E-state index contributed by atoms with van der Waals surface area (Å²) in [6, 6.07) is 6.72. The number of carbonyl (C=O) groups is 3. The molecule has 6 nitrogen and oxygen atoms in total. The predicted octanol–water partition coefficient (Wildman–Crippen LogP) is 0.618. The number of aliphatic carboxylic acids is 2. The van der Waals surface area contributed by atoms with Crippen molar-refractivity contribution in [1.82, 2.24) is 5.32 Å². The van der Waals surface area contributed by atoms with Crippen LogP contribution in [-0.2, 0) is 20.8 Å².